The summed E-state index contributed by atoms with van der Waals surface area (Å²) < 4.78 is 0. The number of anilines is 1. The lowest BCUT2D eigenvalue weighted by Gasteiger charge is -2.33. The molecule has 0 amide bonds. The molecule has 122 valence electrons. The fraction of sp³-hybridized carbons (Fsp3) is 0.400. The highest BCUT2D eigenvalue weighted by Gasteiger charge is 2.17. The van der Waals surface area contributed by atoms with Crippen molar-refractivity contribution in [2.24, 2.45) is 0 Å². The van der Waals surface area contributed by atoms with Crippen molar-refractivity contribution in [3.05, 3.63) is 54.1 Å². The Hall–Kier alpha value is -1.84. The van der Waals surface area contributed by atoms with Gasteiger partial charge in [-0.1, -0.05) is 48.5 Å². The third-order valence-corrected chi connectivity index (χ3v) is 4.81. The highest BCUT2D eigenvalue weighted by atomic mass is 15.2. The standard InChI is InChI=1S/C20H27N3/c1-16-15-22-12-14-23(16)13-6-10-18-9-5-11-19(20(18)21)17-7-3-2-4-8-17/h2-5,7-9,11,16,22H,6,10,12-15,21H2,1H3. The van der Waals surface area contributed by atoms with Crippen LogP contribution in [-0.4, -0.2) is 37.1 Å². The number of piperazine rings is 1. The van der Waals surface area contributed by atoms with Crippen LogP contribution >= 0.6 is 0 Å². The van der Waals surface area contributed by atoms with Gasteiger partial charge in [-0.3, -0.25) is 4.90 Å². The second-order valence-electron chi connectivity index (χ2n) is 6.44. The summed E-state index contributed by atoms with van der Waals surface area (Å²) in [6.45, 7) is 6.82. The van der Waals surface area contributed by atoms with E-state index in [1.165, 1.54) is 11.1 Å². The molecule has 0 radical (unpaired) electrons. The Morgan fingerprint density at radius 1 is 1.13 bits per heavy atom. The first-order chi connectivity index (χ1) is 11.3. The SMILES string of the molecule is CC1CNCCN1CCCc1cccc(-c2ccccc2)c1N. The number of para-hydroxylation sites is 1. The zero-order valence-corrected chi connectivity index (χ0v) is 14.0. The summed E-state index contributed by atoms with van der Waals surface area (Å²) in [6.07, 6.45) is 2.20. The molecule has 1 fully saturated rings. The number of rotatable bonds is 5. The van der Waals surface area contributed by atoms with E-state index in [2.05, 4.69) is 59.6 Å². The van der Waals surface area contributed by atoms with Crippen LogP contribution < -0.4 is 11.1 Å². The molecule has 3 heteroatoms. The summed E-state index contributed by atoms with van der Waals surface area (Å²) in [5, 5.41) is 3.45. The number of benzene rings is 2. The van der Waals surface area contributed by atoms with Gasteiger partial charge in [0.2, 0.25) is 0 Å². The van der Waals surface area contributed by atoms with Crippen LogP contribution in [0.4, 0.5) is 5.69 Å². The predicted octanol–water partition coefficient (Wildman–Crippen LogP) is 3.16. The molecule has 23 heavy (non-hydrogen) atoms. The molecule has 3 rings (SSSR count). The van der Waals surface area contributed by atoms with E-state index in [0.717, 1.165) is 50.3 Å². The van der Waals surface area contributed by atoms with Gasteiger partial charge < -0.3 is 11.1 Å². The number of nitrogen functional groups attached to an aromatic ring is 1. The van der Waals surface area contributed by atoms with Gasteiger partial charge in [0.05, 0.1) is 0 Å². The highest BCUT2D eigenvalue weighted by molar-refractivity contribution is 5.78. The van der Waals surface area contributed by atoms with E-state index in [4.69, 9.17) is 5.73 Å². The van der Waals surface area contributed by atoms with Crippen molar-refractivity contribution in [2.45, 2.75) is 25.8 Å². The minimum atomic E-state index is 0.636. The smallest absolute Gasteiger partial charge is 0.0426 e. The van der Waals surface area contributed by atoms with E-state index in [9.17, 15) is 0 Å². The molecule has 2 aromatic carbocycles. The van der Waals surface area contributed by atoms with Gasteiger partial charge in [0.15, 0.2) is 0 Å². The topological polar surface area (TPSA) is 41.3 Å². The van der Waals surface area contributed by atoms with Crippen LogP contribution in [0.25, 0.3) is 11.1 Å². The van der Waals surface area contributed by atoms with Gasteiger partial charge in [-0.2, -0.15) is 0 Å². The Morgan fingerprint density at radius 2 is 1.96 bits per heavy atom. The maximum atomic E-state index is 6.44. The molecule has 0 saturated carbocycles. The number of nitrogens with zero attached hydrogens (tertiary/aromatic N) is 1. The molecule has 0 spiro atoms. The lowest BCUT2D eigenvalue weighted by atomic mass is 9.98. The van der Waals surface area contributed by atoms with Gasteiger partial charge in [0.1, 0.15) is 0 Å². The second kappa shape index (κ2) is 7.62. The minimum Gasteiger partial charge on any atom is -0.398 e. The quantitative estimate of drug-likeness (QED) is 0.834. The number of hydrogen-bond acceptors (Lipinski definition) is 3. The molecular weight excluding hydrogens is 282 g/mol. The molecule has 0 bridgehead atoms. The van der Waals surface area contributed by atoms with E-state index < -0.39 is 0 Å². The Balaban J connectivity index is 1.64. The molecule has 1 heterocycles. The monoisotopic (exact) mass is 309 g/mol. The maximum absolute atomic E-state index is 6.44. The largest absolute Gasteiger partial charge is 0.398 e. The van der Waals surface area contributed by atoms with Crippen LogP contribution in [0.3, 0.4) is 0 Å². The zero-order valence-electron chi connectivity index (χ0n) is 14.0. The molecule has 3 nitrogen and oxygen atoms in total. The van der Waals surface area contributed by atoms with E-state index in [1.54, 1.807) is 0 Å². The predicted molar refractivity (Wildman–Crippen MR) is 98.5 cm³/mol. The molecule has 1 unspecified atom stereocenters. The molecular formula is C20H27N3. The van der Waals surface area contributed by atoms with Crippen molar-refractivity contribution in [3.63, 3.8) is 0 Å². The van der Waals surface area contributed by atoms with Crippen LogP contribution in [0, 0.1) is 0 Å². The summed E-state index contributed by atoms with van der Waals surface area (Å²) in [5.74, 6) is 0. The van der Waals surface area contributed by atoms with Gasteiger partial charge in [0, 0.05) is 36.9 Å². The van der Waals surface area contributed by atoms with Crippen molar-refractivity contribution in [2.75, 3.05) is 31.9 Å². The average Bonchev–Trinajstić information content (AvgIpc) is 2.59. The summed E-state index contributed by atoms with van der Waals surface area (Å²) in [7, 11) is 0. The van der Waals surface area contributed by atoms with Crippen LogP contribution in [-0.2, 0) is 6.42 Å². The Labute approximate surface area is 139 Å². The van der Waals surface area contributed by atoms with Crippen molar-refractivity contribution < 1.29 is 0 Å². The van der Waals surface area contributed by atoms with Crippen LogP contribution in [0.5, 0.6) is 0 Å². The van der Waals surface area contributed by atoms with Crippen LogP contribution in [0.2, 0.25) is 0 Å². The molecule has 3 N–H and O–H groups in total. The summed E-state index contributed by atoms with van der Waals surface area (Å²) in [4.78, 5) is 2.58. The number of nitrogens with two attached hydrogens (primary N) is 1. The van der Waals surface area contributed by atoms with Gasteiger partial charge >= 0.3 is 0 Å². The van der Waals surface area contributed by atoms with Crippen molar-refractivity contribution in [1.29, 1.82) is 0 Å². The third-order valence-electron chi connectivity index (χ3n) is 4.81. The van der Waals surface area contributed by atoms with Gasteiger partial charge in [-0.25, -0.2) is 0 Å². The van der Waals surface area contributed by atoms with Crippen molar-refractivity contribution >= 4 is 5.69 Å². The number of aryl methyl sites for hydroxylation is 1. The lowest BCUT2D eigenvalue weighted by Crippen LogP contribution is -2.49. The number of hydrogen-bond donors (Lipinski definition) is 2. The molecule has 1 atom stereocenters. The normalized spacial score (nSPS) is 18.9. The van der Waals surface area contributed by atoms with Gasteiger partial charge in [-0.05, 0) is 37.4 Å². The van der Waals surface area contributed by atoms with E-state index >= 15 is 0 Å². The minimum absolute atomic E-state index is 0.636. The molecule has 2 aromatic rings. The molecule has 1 aliphatic rings. The zero-order chi connectivity index (χ0) is 16.1. The highest BCUT2D eigenvalue weighted by Crippen LogP contribution is 2.29. The third kappa shape index (κ3) is 3.92. The van der Waals surface area contributed by atoms with E-state index in [1.807, 2.05) is 6.07 Å². The van der Waals surface area contributed by atoms with E-state index in [-0.39, 0.29) is 0 Å². The molecule has 0 aromatic heterocycles. The van der Waals surface area contributed by atoms with Gasteiger partial charge in [-0.15, -0.1) is 0 Å². The van der Waals surface area contributed by atoms with Crippen molar-refractivity contribution in [1.82, 2.24) is 10.2 Å². The fourth-order valence-electron chi connectivity index (χ4n) is 3.39. The Morgan fingerprint density at radius 3 is 2.74 bits per heavy atom. The number of nitrogens with one attached hydrogen (secondary N) is 1. The lowest BCUT2D eigenvalue weighted by molar-refractivity contribution is 0.172. The summed E-state index contributed by atoms with van der Waals surface area (Å²) in [5.41, 5.74) is 11.0. The summed E-state index contributed by atoms with van der Waals surface area (Å²) in [6, 6.07) is 17.5. The van der Waals surface area contributed by atoms with Crippen LogP contribution in [0.15, 0.2) is 48.5 Å². The molecule has 0 aliphatic carbocycles. The van der Waals surface area contributed by atoms with Crippen LogP contribution in [0.1, 0.15) is 18.9 Å². The van der Waals surface area contributed by atoms with E-state index in [0.29, 0.717) is 6.04 Å². The fourth-order valence-corrected chi connectivity index (χ4v) is 3.39. The first-order valence-corrected chi connectivity index (χ1v) is 8.63. The summed E-state index contributed by atoms with van der Waals surface area (Å²) >= 11 is 0. The first kappa shape index (κ1) is 16.0. The maximum Gasteiger partial charge on any atom is 0.0426 e. The average molecular weight is 309 g/mol. The van der Waals surface area contributed by atoms with Crippen molar-refractivity contribution in [3.8, 4) is 11.1 Å². The Bertz CT molecular complexity index is 624. The molecule has 1 aliphatic heterocycles. The molecule has 1 saturated heterocycles. The second-order valence-corrected chi connectivity index (χ2v) is 6.44. The van der Waals surface area contributed by atoms with Gasteiger partial charge in [0.25, 0.3) is 0 Å². The Kier molecular flexibility index (Phi) is 5.31. The first-order valence-electron chi connectivity index (χ1n) is 8.63.